The highest BCUT2D eigenvalue weighted by Gasteiger charge is 2.17. The molecule has 2 aromatic rings. The van der Waals surface area contributed by atoms with Gasteiger partial charge in [0.05, 0.1) is 0 Å². The van der Waals surface area contributed by atoms with E-state index < -0.39 is 5.97 Å². The number of aromatic carboxylic acids is 1. The fourth-order valence-electron chi connectivity index (χ4n) is 2.39. The number of carboxylic acid groups (broad SMARTS) is 1. The number of fused-ring (bicyclic) bond motifs is 1. The van der Waals surface area contributed by atoms with Crippen LogP contribution in [0.5, 0.6) is 5.75 Å². The lowest BCUT2D eigenvalue weighted by Crippen LogP contribution is -2.15. The number of carbonyl (C=O) groups is 1. The molecule has 20 heavy (non-hydrogen) atoms. The van der Waals surface area contributed by atoms with Gasteiger partial charge in [0.25, 0.3) is 0 Å². The number of rotatable bonds is 4. The Hall–Kier alpha value is -2.37. The predicted molar refractivity (Wildman–Crippen MR) is 70.7 cm³/mol. The van der Waals surface area contributed by atoms with E-state index in [-0.39, 0.29) is 12.2 Å². The first-order valence-corrected chi connectivity index (χ1v) is 6.62. The van der Waals surface area contributed by atoms with E-state index in [4.69, 9.17) is 9.84 Å². The quantitative estimate of drug-likeness (QED) is 0.920. The van der Waals surface area contributed by atoms with Gasteiger partial charge in [-0.15, -0.1) is 10.2 Å². The monoisotopic (exact) mass is 273 g/mol. The normalized spacial score (nSPS) is 13.8. The molecule has 6 nitrogen and oxygen atoms in total. The summed E-state index contributed by atoms with van der Waals surface area (Å²) in [7, 11) is 0. The van der Waals surface area contributed by atoms with Gasteiger partial charge in [-0.1, -0.05) is 12.1 Å². The molecule has 1 N–H and O–H groups in total. The van der Waals surface area contributed by atoms with E-state index >= 15 is 0 Å². The number of hydrogen-bond acceptors (Lipinski definition) is 4. The summed E-state index contributed by atoms with van der Waals surface area (Å²) in [5.74, 6) is 1.10. The topological polar surface area (TPSA) is 77.2 Å². The summed E-state index contributed by atoms with van der Waals surface area (Å²) >= 11 is 0. The van der Waals surface area contributed by atoms with Gasteiger partial charge in [-0.25, -0.2) is 4.79 Å². The van der Waals surface area contributed by atoms with E-state index in [1.54, 1.807) is 18.2 Å². The van der Waals surface area contributed by atoms with Crippen molar-refractivity contribution in [3.05, 3.63) is 41.5 Å². The van der Waals surface area contributed by atoms with E-state index in [9.17, 15) is 4.79 Å². The standard InChI is InChI=1S/C14H15N3O3/c18-14(19)10-5-1-2-6-11(10)20-9-13-16-15-12-7-3-4-8-17(12)13/h1-2,5-6H,3-4,7-9H2,(H,18,19). The summed E-state index contributed by atoms with van der Waals surface area (Å²) in [6, 6.07) is 6.60. The number of ether oxygens (including phenoxy) is 1. The molecular weight excluding hydrogens is 258 g/mol. The van der Waals surface area contributed by atoms with Gasteiger partial charge in [0.15, 0.2) is 5.82 Å². The van der Waals surface area contributed by atoms with Gasteiger partial charge in [0, 0.05) is 13.0 Å². The molecule has 1 aliphatic rings. The summed E-state index contributed by atoms with van der Waals surface area (Å²) in [5.41, 5.74) is 0.158. The first-order chi connectivity index (χ1) is 9.75. The fourth-order valence-corrected chi connectivity index (χ4v) is 2.39. The van der Waals surface area contributed by atoms with Crippen molar-refractivity contribution < 1.29 is 14.6 Å². The molecule has 104 valence electrons. The van der Waals surface area contributed by atoms with E-state index in [2.05, 4.69) is 14.8 Å². The zero-order valence-electron chi connectivity index (χ0n) is 11.0. The second kappa shape index (κ2) is 5.32. The number of hydrogen-bond donors (Lipinski definition) is 1. The Labute approximate surface area is 116 Å². The molecule has 0 amide bonds. The van der Waals surface area contributed by atoms with Crippen molar-refractivity contribution >= 4 is 5.97 Å². The van der Waals surface area contributed by atoms with Crippen molar-refractivity contribution in [1.29, 1.82) is 0 Å². The molecule has 2 heterocycles. The average molecular weight is 273 g/mol. The lowest BCUT2D eigenvalue weighted by atomic mass is 10.2. The van der Waals surface area contributed by atoms with Crippen LogP contribution in [0, 0.1) is 0 Å². The number of carboxylic acids is 1. The van der Waals surface area contributed by atoms with Crippen LogP contribution in [0.15, 0.2) is 24.3 Å². The number of aromatic nitrogens is 3. The maximum atomic E-state index is 11.1. The third-order valence-electron chi connectivity index (χ3n) is 3.41. The van der Waals surface area contributed by atoms with E-state index in [0.29, 0.717) is 5.75 Å². The summed E-state index contributed by atoms with van der Waals surface area (Å²) in [5, 5.41) is 17.4. The largest absolute Gasteiger partial charge is 0.485 e. The molecule has 6 heteroatoms. The van der Waals surface area contributed by atoms with E-state index in [1.807, 2.05) is 0 Å². The zero-order valence-corrected chi connectivity index (χ0v) is 11.0. The van der Waals surface area contributed by atoms with Crippen molar-refractivity contribution in [2.45, 2.75) is 32.4 Å². The summed E-state index contributed by atoms with van der Waals surface area (Å²) < 4.78 is 7.67. The van der Waals surface area contributed by atoms with Crippen molar-refractivity contribution in [2.24, 2.45) is 0 Å². The maximum absolute atomic E-state index is 11.1. The highest BCUT2D eigenvalue weighted by molar-refractivity contribution is 5.90. The minimum absolute atomic E-state index is 0.158. The van der Waals surface area contributed by atoms with Crippen LogP contribution in [0.4, 0.5) is 0 Å². The molecule has 0 atom stereocenters. The van der Waals surface area contributed by atoms with Gasteiger partial charge in [0.2, 0.25) is 0 Å². The Bertz CT molecular complexity index is 636. The van der Waals surface area contributed by atoms with E-state index in [1.165, 1.54) is 6.07 Å². The van der Waals surface area contributed by atoms with Gasteiger partial charge in [-0.2, -0.15) is 0 Å². The number of nitrogens with zero attached hydrogens (tertiary/aromatic N) is 3. The highest BCUT2D eigenvalue weighted by Crippen LogP contribution is 2.20. The number of benzene rings is 1. The van der Waals surface area contributed by atoms with Gasteiger partial charge in [-0.05, 0) is 25.0 Å². The molecule has 1 aliphatic heterocycles. The number of para-hydroxylation sites is 1. The molecule has 1 aromatic heterocycles. The average Bonchev–Trinajstić information content (AvgIpc) is 2.88. The number of aryl methyl sites for hydroxylation is 1. The minimum Gasteiger partial charge on any atom is -0.485 e. The summed E-state index contributed by atoms with van der Waals surface area (Å²) in [4.78, 5) is 11.1. The molecule has 0 saturated carbocycles. The molecule has 0 fully saturated rings. The Balaban J connectivity index is 1.77. The fraction of sp³-hybridized carbons (Fsp3) is 0.357. The molecule has 3 rings (SSSR count). The smallest absolute Gasteiger partial charge is 0.339 e. The molecule has 1 aromatic carbocycles. The van der Waals surface area contributed by atoms with Crippen LogP contribution in [0.25, 0.3) is 0 Å². The minimum atomic E-state index is -0.996. The molecule has 0 spiro atoms. The van der Waals surface area contributed by atoms with Crippen LogP contribution in [-0.2, 0) is 19.6 Å². The maximum Gasteiger partial charge on any atom is 0.339 e. The first-order valence-electron chi connectivity index (χ1n) is 6.62. The molecule has 0 bridgehead atoms. The van der Waals surface area contributed by atoms with Gasteiger partial charge in [-0.3, -0.25) is 0 Å². The molecule has 0 radical (unpaired) electrons. The lowest BCUT2D eigenvalue weighted by molar-refractivity contribution is 0.0691. The predicted octanol–water partition coefficient (Wildman–Crippen LogP) is 1.89. The van der Waals surface area contributed by atoms with Crippen LogP contribution in [0.2, 0.25) is 0 Å². The van der Waals surface area contributed by atoms with Crippen LogP contribution < -0.4 is 4.74 Å². The first kappa shape index (κ1) is 12.7. The van der Waals surface area contributed by atoms with Crippen molar-refractivity contribution in [3.8, 4) is 5.75 Å². The van der Waals surface area contributed by atoms with Crippen LogP contribution in [0.3, 0.4) is 0 Å². The second-order valence-corrected chi connectivity index (χ2v) is 4.73. The Kier molecular flexibility index (Phi) is 3.37. The Morgan fingerprint density at radius 3 is 3.00 bits per heavy atom. The van der Waals surface area contributed by atoms with E-state index in [0.717, 1.165) is 37.5 Å². The molecule has 0 aliphatic carbocycles. The summed E-state index contributed by atoms with van der Waals surface area (Å²) in [6.45, 7) is 1.14. The van der Waals surface area contributed by atoms with Crippen LogP contribution in [0.1, 0.15) is 34.8 Å². The van der Waals surface area contributed by atoms with Crippen molar-refractivity contribution in [2.75, 3.05) is 0 Å². The van der Waals surface area contributed by atoms with Crippen LogP contribution in [-0.4, -0.2) is 25.8 Å². The van der Waals surface area contributed by atoms with Crippen LogP contribution >= 0.6 is 0 Å². The van der Waals surface area contributed by atoms with Gasteiger partial charge >= 0.3 is 5.97 Å². The van der Waals surface area contributed by atoms with Crippen molar-refractivity contribution in [1.82, 2.24) is 14.8 Å². The molecule has 0 unspecified atom stereocenters. The zero-order chi connectivity index (χ0) is 13.9. The Morgan fingerprint density at radius 1 is 1.30 bits per heavy atom. The Morgan fingerprint density at radius 2 is 2.15 bits per heavy atom. The third kappa shape index (κ3) is 2.36. The molecular formula is C14H15N3O3. The SMILES string of the molecule is O=C(O)c1ccccc1OCc1nnc2n1CCCC2. The van der Waals surface area contributed by atoms with Gasteiger partial charge < -0.3 is 14.4 Å². The second-order valence-electron chi connectivity index (χ2n) is 4.73. The molecule has 0 saturated heterocycles. The van der Waals surface area contributed by atoms with Gasteiger partial charge in [0.1, 0.15) is 23.7 Å². The van der Waals surface area contributed by atoms with Crippen molar-refractivity contribution in [3.63, 3.8) is 0 Å². The highest BCUT2D eigenvalue weighted by atomic mass is 16.5. The third-order valence-corrected chi connectivity index (χ3v) is 3.41. The summed E-state index contributed by atoms with van der Waals surface area (Å²) in [6.07, 6.45) is 3.20. The lowest BCUT2D eigenvalue weighted by Gasteiger charge is -2.15.